The highest BCUT2D eigenvalue weighted by atomic mass is 15.4. The first-order valence-corrected chi connectivity index (χ1v) is 10.6. The molecule has 0 unspecified atom stereocenters. The maximum atomic E-state index is 6.25. The molecule has 0 amide bonds. The molecule has 3 N–H and O–H groups in total. The zero-order valence-corrected chi connectivity index (χ0v) is 17.6. The lowest BCUT2D eigenvalue weighted by molar-refractivity contribution is 0.712. The number of aromatic nitrogens is 6. The number of fused-ring (bicyclic) bond motifs is 2. The summed E-state index contributed by atoms with van der Waals surface area (Å²) < 4.78 is 3.65. The van der Waals surface area contributed by atoms with Crippen molar-refractivity contribution >= 4 is 34.0 Å². The summed E-state index contributed by atoms with van der Waals surface area (Å²) in [6.07, 6.45) is 3.72. The molecule has 6 aromatic rings. The van der Waals surface area contributed by atoms with Gasteiger partial charge in [0.2, 0.25) is 5.95 Å². The van der Waals surface area contributed by atoms with Gasteiger partial charge in [-0.05, 0) is 23.8 Å². The molecule has 0 atom stereocenters. The van der Waals surface area contributed by atoms with E-state index < -0.39 is 0 Å². The summed E-state index contributed by atoms with van der Waals surface area (Å²) in [5.74, 6) is 0.780. The molecule has 0 fully saturated rings. The lowest BCUT2D eigenvalue weighted by Gasteiger charge is -2.07. The van der Waals surface area contributed by atoms with Gasteiger partial charge < -0.3 is 11.1 Å². The Kier molecular flexibility index (Phi) is 4.47. The molecule has 0 saturated carbocycles. The van der Waals surface area contributed by atoms with E-state index in [1.165, 1.54) is 5.56 Å². The van der Waals surface area contributed by atoms with Gasteiger partial charge in [-0.1, -0.05) is 60.7 Å². The van der Waals surface area contributed by atoms with E-state index >= 15 is 0 Å². The first-order chi connectivity index (χ1) is 16.2. The second-order valence-corrected chi connectivity index (χ2v) is 7.77. The topological polar surface area (TPSA) is 99.0 Å². The summed E-state index contributed by atoms with van der Waals surface area (Å²) in [5.41, 5.74) is 11.5. The van der Waals surface area contributed by atoms with Crippen molar-refractivity contribution in [1.29, 1.82) is 0 Å². The van der Waals surface area contributed by atoms with Crippen LogP contribution in [0.2, 0.25) is 0 Å². The summed E-state index contributed by atoms with van der Waals surface area (Å²) in [6.45, 7) is 0.694. The Bertz CT molecular complexity index is 1570. The quantitative estimate of drug-likeness (QED) is 0.416. The maximum Gasteiger partial charge on any atom is 0.247 e. The molecule has 33 heavy (non-hydrogen) atoms. The van der Waals surface area contributed by atoms with Crippen molar-refractivity contribution in [1.82, 2.24) is 29.4 Å². The zero-order chi connectivity index (χ0) is 22.2. The van der Waals surface area contributed by atoms with E-state index in [0.717, 1.165) is 22.2 Å². The molecular weight excluding hydrogens is 412 g/mol. The van der Waals surface area contributed by atoms with E-state index in [2.05, 4.69) is 43.7 Å². The normalized spacial score (nSPS) is 11.3. The zero-order valence-electron chi connectivity index (χ0n) is 17.6. The molecule has 160 valence electrons. The van der Waals surface area contributed by atoms with Crippen molar-refractivity contribution in [2.24, 2.45) is 0 Å². The van der Waals surface area contributed by atoms with Crippen LogP contribution in [0.4, 0.5) is 17.5 Å². The van der Waals surface area contributed by atoms with Crippen LogP contribution in [0.5, 0.6) is 0 Å². The monoisotopic (exact) mass is 432 g/mol. The molecule has 3 aromatic heterocycles. The van der Waals surface area contributed by atoms with Crippen molar-refractivity contribution in [3.63, 3.8) is 0 Å². The molecule has 0 radical (unpaired) electrons. The number of nitrogens with two attached hydrogens (primary N) is 1. The first-order valence-electron chi connectivity index (χ1n) is 10.6. The number of hydrogen-bond donors (Lipinski definition) is 2. The second kappa shape index (κ2) is 7.76. The van der Waals surface area contributed by atoms with E-state index in [0.29, 0.717) is 29.7 Å². The molecular formula is C25H20N8. The van der Waals surface area contributed by atoms with E-state index in [4.69, 9.17) is 5.73 Å². The van der Waals surface area contributed by atoms with Gasteiger partial charge in [-0.15, -0.1) is 5.10 Å². The van der Waals surface area contributed by atoms with Crippen molar-refractivity contribution in [2.45, 2.75) is 6.54 Å². The number of rotatable bonds is 5. The van der Waals surface area contributed by atoms with Crippen LogP contribution >= 0.6 is 0 Å². The maximum absolute atomic E-state index is 6.25. The number of anilines is 3. The van der Waals surface area contributed by atoms with Gasteiger partial charge in [0.25, 0.3) is 0 Å². The standard InChI is InChI=1S/C25H20N8/c26-23-24-30-25(28-20-9-5-2-6-10-20)31-33(24)16-21(29-23)18-11-12-19-14-27-32(22(19)13-18)15-17-7-3-1-4-8-17/h1-14,16H,15H2,(H2,26,29)(H,28,31). The Balaban J connectivity index is 1.37. The van der Waals surface area contributed by atoms with Gasteiger partial charge in [-0.25, -0.2) is 9.50 Å². The van der Waals surface area contributed by atoms with Crippen LogP contribution < -0.4 is 11.1 Å². The van der Waals surface area contributed by atoms with E-state index in [1.807, 2.05) is 77.7 Å². The average Bonchev–Trinajstić information content (AvgIpc) is 3.44. The molecule has 0 bridgehead atoms. The van der Waals surface area contributed by atoms with Crippen LogP contribution in [0.3, 0.4) is 0 Å². The van der Waals surface area contributed by atoms with E-state index in [9.17, 15) is 0 Å². The molecule has 3 aromatic carbocycles. The Labute approximate surface area is 189 Å². The lowest BCUT2D eigenvalue weighted by atomic mass is 10.1. The van der Waals surface area contributed by atoms with Crippen molar-refractivity contribution in [3.05, 3.63) is 96.8 Å². The molecule has 3 heterocycles. The highest BCUT2D eigenvalue weighted by molar-refractivity contribution is 5.84. The summed E-state index contributed by atoms with van der Waals surface area (Å²) >= 11 is 0. The predicted octanol–water partition coefficient (Wildman–Crippen LogP) is 4.52. The molecule has 8 heteroatoms. The highest BCUT2D eigenvalue weighted by Crippen LogP contribution is 2.26. The Morgan fingerprint density at radius 2 is 1.67 bits per heavy atom. The van der Waals surface area contributed by atoms with Gasteiger partial charge in [0.1, 0.15) is 0 Å². The van der Waals surface area contributed by atoms with Crippen molar-refractivity contribution in [2.75, 3.05) is 11.1 Å². The van der Waals surface area contributed by atoms with Crippen LogP contribution in [0.1, 0.15) is 5.56 Å². The fourth-order valence-corrected chi connectivity index (χ4v) is 3.87. The van der Waals surface area contributed by atoms with E-state index in [1.54, 1.807) is 4.52 Å². The van der Waals surface area contributed by atoms with Crippen molar-refractivity contribution in [3.8, 4) is 11.3 Å². The molecule has 6 rings (SSSR count). The van der Waals surface area contributed by atoms with Crippen molar-refractivity contribution < 1.29 is 0 Å². The van der Waals surface area contributed by atoms with Crippen LogP contribution in [0, 0.1) is 0 Å². The Morgan fingerprint density at radius 3 is 2.48 bits per heavy atom. The lowest BCUT2D eigenvalue weighted by Crippen LogP contribution is -2.02. The number of hydrogen-bond acceptors (Lipinski definition) is 6. The number of nitrogens with one attached hydrogen (secondary N) is 1. The number of nitrogens with zero attached hydrogens (tertiary/aromatic N) is 6. The minimum atomic E-state index is 0.319. The fraction of sp³-hybridized carbons (Fsp3) is 0.0400. The third kappa shape index (κ3) is 3.63. The van der Waals surface area contributed by atoms with E-state index in [-0.39, 0.29) is 0 Å². The Morgan fingerprint density at radius 1 is 0.879 bits per heavy atom. The largest absolute Gasteiger partial charge is 0.381 e. The SMILES string of the molecule is Nc1nc(-c2ccc3cnn(Cc4ccccc4)c3c2)cn2nc(Nc3ccccc3)nc12. The van der Waals surface area contributed by atoms with Crippen LogP contribution in [0.15, 0.2) is 91.3 Å². The van der Waals surface area contributed by atoms with Crippen LogP contribution in [0.25, 0.3) is 27.8 Å². The minimum Gasteiger partial charge on any atom is -0.381 e. The second-order valence-electron chi connectivity index (χ2n) is 7.77. The predicted molar refractivity (Wildman–Crippen MR) is 129 cm³/mol. The average molecular weight is 432 g/mol. The van der Waals surface area contributed by atoms with Gasteiger partial charge in [0.05, 0.1) is 30.1 Å². The van der Waals surface area contributed by atoms with Crippen LogP contribution in [-0.2, 0) is 6.54 Å². The third-order valence-electron chi connectivity index (χ3n) is 5.49. The number of benzene rings is 3. The summed E-state index contributed by atoms with van der Waals surface area (Å²) in [4.78, 5) is 9.08. The Hall–Kier alpha value is -4.72. The summed E-state index contributed by atoms with van der Waals surface area (Å²) in [7, 11) is 0. The number of nitrogen functional groups attached to an aromatic ring is 1. The summed E-state index contributed by atoms with van der Waals surface area (Å²) in [5, 5.41) is 13.4. The third-order valence-corrected chi connectivity index (χ3v) is 5.49. The van der Waals surface area contributed by atoms with Gasteiger partial charge in [0.15, 0.2) is 11.5 Å². The molecule has 0 aliphatic heterocycles. The fourth-order valence-electron chi connectivity index (χ4n) is 3.87. The smallest absolute Gasteiger partial charge is 0.247 e. The molecule has 0 spiro atoms. The molecule has 8 nitrogen and oxygen atoms in total. The highest BCUT2D eigenvalue weighted by Gasteiger charge is 2.13. The summed E-state index contributed by atoms with van der Waals surface area (Å²) in [6, 6.07) is 26.2. The first kappa shape index (κ1) is 19.0. The molecule has 0 saturated heterocycles. The van der Waals surface area contributed by atoms with Crippen LogP contribution in [-0.4, -0.2) is 29.4 Å². The molecule has 0 aliphatic carbocycles. The van der Waals surface area contributed by atoms with Gasteiger partial charge >= 0.3 is 0 Å². The molecule has 0 aliphatic rings. The minimum absolute atomic E-state index is 0.319. The van der Waals surface area contributed by atoms with Gasteiger partial charge in [-0.3, -0.25) is 4.68 Å². The number of para-hydroxylation sites is 1. The van der Waals surface area contributed by atoms with Gasteiger partial charge in [0, 0.05) is 16.6 Å². The van der Waals surface area contributed by atoms with Gasteiger partial charge in [-0.2, -0.15) is 10.1 Å².